The molecule has 1 atom stereocenters. The smallest absolute Gasteiger partial charge is 0.764 e. The maximum atomic E-state index is 9.99. The van der Waals surface area contributed by atoms with Crippen LogP contribution in [0, 0.1) is 0 Å². The zero-order valence-corrected chi connectivity index (χ0v) is 10.8. The Morgan fingerprint density at radius 1 is 1.36 bits per heavy atom. The van der Waals surface area contributed by atoms with Crippen molar-refractivity contribution in [1.82, 2.24) is 0 Å². The monoisotopic (exact) mass is 204 g/mol. The van der Waals surface area contributed by atoms with Crippen LogP contribution in [0.3, 0.4) is 0 Å². The fourth-order valence-electron chi connectivity index (χ4n) is 0.656. The SMILES string of the molecule is CCCCCCSS(=O)[O-].[Na+]. The molecule has 0 aliphatic heterocycles. The summed E-state index contributed by atoms with van der Waals surface area (Å²) in [5.74, 6) is 0.746. The Balaban J connectivity index is 0. The summed E-state index contributed by atoms with van der Waals surface area (Å²) in [5, 5.41) is 0. The quantitative estimate of drug-likeness (QED) is 0.244. The first-order valence-electron chi connectivity index (χ1n) is 3.50. The molecule has 0 N–H and O–H groups in total. The minimum Gasteiger partial charge on any atom is -0.764 e. The molecule has 0 aromatic heterocycles. The summed E-state index contributed by atoms with van der Waals surface area (Å²) in [7, 11) is -0.906. The Bertz CT molecular complexity index is 101. The van der Waals surface area contributed by atoms with Crippen LogP contribution in [0.1, 0.15) is 32.6 Å². The molecule has 0 bridgehead atoms. The van der Waals surface area contributed by atoms with E-state index in [1.807, 2.05) is 0 Å². The Morgan fingerprint density at radius 2 is 2.00 bits per heavy atom. The molecule has 0 saturated heterocycles. The first kappa shape index (κ1) is 15.0. The molecule has 0 aliphatic carbocycles. The van der Waals surface area contributed by atoms with Crippen molar-refractivity contribution in [2.75, 3.05) is 5.75 Å². The first-order valence-corrected chi connectivity index (χ1v) is 6.07. The second-order valence-electron chi connectivity index (χ2n) is 2.09. The van der Waals surface area contributed by atoms with Gasteiger partial charge in [-0.05, 0) is 6.42 Å². The molecule has 0 spiro atoms. The van der Waals surface area contributed by atoms with Gasteiger partial charge in [-0.2, -0.15) is 0 Å². The number of rotatable bonds is 6. The van der Waals surface area contributed by atoms with Crippen molar-refractivity contribution in [1.29, 1.82) is 0 Å². The molecule has 0 rings (SSSR count). The zero-order chi connectivity index (χ0) is 7.82. The molecule has 0 aromatic carbocycles. The molecule has 11 heavy (non-hydrogen) atoms. The van der Waals surface area contributed by atoms with Gasteiger partial charge < -0.3 is 4.55 Å². The summed E-state index contributed by atoms with van der Waals surface area (Å²) in [4.78, 5) is 0. The summed E-state index contributed by atoms with van der Waals surface area (Å²) in [6.07, 6.45) is 4.59. The molecular formula is C6H13NaO2S2. The second kappa shape index (κ2) is 11.5. The zero-order valence-electron chi connectivity index (χ0n) is 7.17. The van der Waals surface area contributed by atoms with Crippen molar-refractivity contribution < 1.29 is 38.3 Å². The van der Waals surface area contributed by atoms with Gasteiger partial charge in [-0.25, -0.2) is 0 Å². The predicted octanol–water partition coefficient (Wildman–Crippen LogP) is -0.902. The van der Waals surface area contributed by atoms with E-state index in [1.54, 1.807) is 0 Å². The molecular weight excluding hydrogens is 191 g/mol. The van der Waals surface area contributed by atoms with E-state index in [2.05, 4.69) is 6.92 Å². The van der Waals surface area contributed by atoms with E-state index >= 15 is 0 Å². The van der Waals surface area contributed by atoms with Crippen LogP contribution < -0.4 is 29.6 Å². The second-order valence-corrected chi connectivity index (χ2v) is 4.66. The summed E-state index contributed by atoms with van der Waals surface area (Å²) < 4.78 is 20.0. The maximum Gasteiger partial charge on any atom is 1.00 e. The Kier molecular flexibility index (Phi) is 15.6. The van der Waals surface area contributed by atoms with Crippen molar-refractivity contribution in [3.63, 3.8) is 0 Å². The molecule has 0 aromatic rings. The van der Waals surface area contributed by atoms with Gasteiger partial charge in [0, 0.05) is 15.9 Å². The molecule has 0 radical (unpaired) electrons. The van der Waals surface area contributed by atoms with Crippen molar-refractivity contribution in [2.24, 2.45) is 0 Å². The molecule has 0 saturated carbocycles. The van der Waals surface area contributed by atoms with Gasteiger partial charge in [-0.15, -0.1) is 0 Å². The summed E-state index contributed by atoms with van der Waals surface area (Å²) >= 11 is 0. The molecule has 1 unspecified atom stereocenters. The van der Waals surface area contributed by atoms with Crippen molar-refractivity contribution in [3.05, 3.63) is 0 Å². The minimum absolute atomic E-state index is 0. The van der Waals surface area contributed by atoms with Gasteiger partial charge in [0.25, 0.3) is 0 Å². The van der Waals surface area contributed by atoms with Gasteiger partial charge >= 0.3 is 29.6 Å². The molecule has 0 aliphatic rings. The molecule has 0 fully saturated rings. The van der Waals surface area contributed by atoms with Gasteiger partial charge in [-0.1, -0.05) is 37.0 Å². The van der Waals surface area contributed by atoms with E-state index in [9.17, 15) is 8.76 Å². The maximum absolute atomic E-state index is 9.99. The van der Waals surface area contributed by atoms with E-state index in [-0.39, 0.29) is 29.6 Å². The van der Waals surface area contributed by atoms with Crippen molar-refractivity contribution in [3.8, 4) is 0 Å². The first-order chi connectivity index (χ1) is 4.77. The topological polar surface area (TPSA) is 40.1 Å². The minimum atomic E-state index is -1.90. The van der Waals surface area contributed by atoms with E-state index in [1.165, 1.54) is 12.8 Å². The molecule has 62 valence electrons. The van der Waals surface area contributed by atoms with Crippen molar-refractivity contribution >= 4 is 20.9 Å². The Hall–Kier alpha value is 1.46. The summed E-state index contributed by atoms with van der Waals surface area (Å²) in [5.41, 5.74) is 0. The summed E-state index contributed by atoms with van der Waals surface area (Å²) in [6, 6.07) is 0. The van der Waals surface area contributed by atoms with Crippen LogP contribution in [0.25, 0.3) is 0 Å². The third-order valence-corrected chi connectivity index (χ3v) is 2.90. The fourth-order valence-corrected chi connectivity index (χ4v) is 1.88. The number of unbranched alkanes of at least 4 members (excludes halogenated alkanes) is 3. The van der Waals surface area contributed by atoms with Crippen LogP contribution in [0.2, 0.25) is 0 Å². The van der Waals surface area contributed by atoms with Crippen LogP contribution in [0.5, 0.6) is 0 Å². The average molecular weight is 204 g/mol. The van der Waals surface area contributed by atoms with Gasteiger partial charge in [0.2, 0.25) is 0 Å². The van der Waals surface area contributed by atoms with Crippen LogP contribution in [0.4, 0.5) is 0 Å². The van der Waals surface area contributed by atoms with Crippen LogP contribution in [-0.2, 0) is 10.1 Å². The Morgan fingerprint density at radius 3 is 2.45 bits per heavy atom. The molecule has 5 heteroatoms. The molecule has 0 heterocycles. The normalized spacial score (nSPS) is 12.2. The van der Waals surface area contributed by atoms with Gasteiger partial charge in [-0.3, -0.25) is 4.21 Å². The Labute approximate surface area is 96.9 Å². The van der Waals surface area contributed by atoms with Gasteiger partial charge in [0.1, 0.15) is 0 Å². The molecule has 0 amide bonds. The standard InChI is InChI=1S/C6H14O2S2.Na/c1-2-3-4-5-6-9-10(7)8;/h2-6H2,1H3,(H,7,8);/q;+1/p-1. The van der Waals surface area contributed by atoms with E-state index < -0.39 is 10.1 Å². The molecule has 2 nitrogen and oxygen atoms in total. The third-order valence-electron chi connectivity index (χ3n) is 1.18. The van der Waals surface area contributed by atoms with E-state index in [4.69, 9.17) is 0 Å². The van der Waals surface area contributed by atoms with E-state index in [0.717, 1.165) is 29.4 Å². The third kappa shape index (κ3) is 14.3. The average Bonchev–Trinajstić information content (AvgIpc) is 1.87. The summed E-state index contributed by atoms with van der Waals surface area (Å²) in [6.45, 7) is 2.14. The fraction of sp³-hybridized carbons (Fsp3) is 1.00. The van der Waals surface area contributed by atoms with Crippen LogP contribution in [-0.4, -0.2) is 14.5 Å². The van der Waals surface area contributed by atoms with E-state index in [0.29, 0.717) is 0 Å². The number of hydrogen-bond acceptors (Lipinski definition) is 3. The number of hydrogen-bond donors (Lipinski definition) is 0. The van der Waals surface area contributed by atoms with Crippen LogP contribution >= 0.6 is 10.8 Å². The largest absolute Gasteiger partial charge is 1.00 e. The predicted molar refractivity (Wildman–Crippen MR) is 45.5 cm³/mol. The van der Waals surface area contributed by atoms with Gasteiger partial charge in [0.05, 0.1) is 0 Å². The van der Waals surface area contributed by atoms with Crippen LogP contribution in [0.15, 0.2) is 0 Å². The van der Waals surface area contributed by atoms with Crippen molar-refractivity contribution in [2.45, 2.75) is 32.6 Å². The van der Waals surface area contributed by atoms with Gasteiger partial charge in [0.15, 0.2) is 0 Å².